The van der Waals surface area contributed by atoms with Crippen molar-refractivity contribution in [1.29, 1.82) is 0 Å². The Morgan fingerprint density at radius 1 is 1.23 bits per heavy atom. The van der Waals surface area contributed by atoms with Gasteiger partial charge < -0.3 is 4.90 Å². The molecule has 0 aliphatic carbocycles. The minimum absolute atomic E-state index is 0.990. The third-order valence-electron chi connectivity index (χ3n) is 2.42. The predicted molar refractivity (Wildman–Crippen MR) is 57.6 cm³/mol. The van der Waals surface area contributed by atoms with Gasteiger partial charge in [-0.25, -0.2) is 4.98 Å². The lowest BCUT2D eigenvalue weighted by atomic mass is 10.1. The Hall–Kier alpha value is -0.700. The number of pyridine rings is 1. The van der Waals surface area contributed by atoms with Crippen molar-refractivity contribution in [3.63, 3.8) is 0 Å². The maximum atomic E-state index is 4.40. The SMILES string of the molecule is Sc1cccnc1N1CCCCC1. The van der Waals surface area contributed by atoms with Crippen LogP contribution >= 0.6 is 12.6 Å². The van der Waals surface area contributed by atoms with E-state index < -0.39 is 0 Å². The van der Waals surface area contributed by atoms with Crippen LogP contribution in [-0.4, -0.2) is 18.1 Å². The van der Waals surface area contributed by atoms with Crippen LogP contribution in [0.3, 0.4) is 0 Å². The van der Waals surface area contributed by atoms with Gasteiger partial charge in [-0.05, 0) is 31.4 Å². The summed E-state index contributed by atoms with van der Waals surface area (Å²) in [5.41, 5.74) is 0. The van der Waals surface area contributed by atoms with Crippen LogP contribution in [0, 0.1) is 0 Å². The molecule has 2 nitrogen and oxygen atoms in total. The molecule has 1 aliphatic heterocycles. The summed E-state index contributed by atoms with van der Waals surface area (Å²) in [5, 5.41) is 0. The summed E-state index contributed by atoms with van der Waals surface area (Å²) in [6, 6.07) is 3.93. The first-order valence-electron chi connectivity index (χ1n) is 4.77. The smallest absolute Gasteiger partial charge is 0.141 e. The zero-order chi connectivity index (χ0) is 9.10. The fourth-order valence-electron chi connectivity index (χ4n) is 1.74. The van der Waals surface area contributed by atoms with Gasteiger partial charge in [-0.15, -0.1) is 12.6 Å². The van der Waals surface area contributed by atoms with Crippen molar-refractivity contribution in [3.05, 3.63) is 18.3 Å². The lowest BCUT2D eigenvalue weighted by Crippen LogP contribution is -2.30. The number of nitrogens with zero attached hydrogens (tertiary/aromatic N) is 2. The molecule has 0 saturated carbocycles. The Morgan fingerprint density at radius 3 is 2.69 bits per heavy atom. The van der Waals surface area contributed by atoms with Crippen molar-refractivity contribution in [2.75, 3.05) is 18.0 Å². The van der Waals surface area contributed by atoms with Crippen molar-refractivity contribution < 1.29 is 0 Å². The number of thiol groups is 1. The maximum Gasteiger partial charge on any atom is 0.141 e. The van der Waals surface area contributed by atoms with Gasteiger partial charge in [0.15, 0.2) is 0 Å². The van der Waals surface area contributed by atoms with Gasteiger partial charge >= 0.3 is 0 Å². The average molecular weight is 194 g/mol. The van der Waals surface area contributed by atoms with Crippen molar-refractivity contribution in [2.24, 2.45) is 0 Å². The molecule has 0 N–H and O–H groups in total. The molecule has 0 spiro atoms. The zero-order valence-electron chi connectivity index (χ0n) is 7.61. The molecule has 1 aliphatic rings. The van der Waals surface area contributed by atoms with Crippen LogP contribution in [-0.2, 0) is 0 Å². The molecule has 0 unspecified atom stereocenters. The summed E-state index contributed by atoms with van der Waals surface area (Å²) in [6.07, 6.45) is 5.75. The quantitative estimate of drug-likeness (QED) is 0.691. The molecule has 0 bridgehead atoms. The van der Waals surface area contributed by atoms with E-state index in [0.29, 0.717) is 0 Å². The van der Waals surface area contributed by atoms with Crippen molar-refractivity contribution in [3.8, 4) is 0 Å². The summed E-state index contributed by atoms with van der Waals surface area (Å²) in [7, 11) is 0. The number of hydrogen-bond acceptors (Lipinski definition) is 3. The fraction of sp³-hybridized carbons (Fsp3) is 0.500. The monoisotopic (exact) mass is 194 g/mol. The minimum atomic E-state index is 0.990. The first kappa shape index (κ1) is 8.88. The van der Waals surface area contributed by atoms with E-state index in [1.807, 2.05) is 18.3 Å². The highest BCUT2D eigenvalue weighted by Crippen LogP contribution is 2.23. The van der Waals surface area contributed by atoms with E-state index in [-0.39, 0.29) is 0 Å². The van der Waals surface area contributed by atoms with Crippen molar-refractivity contribution >= 4 is 18.4 Å². The molecule has 1 saturated heterocycles. The second-order valence-corrected chi connectivity index (χ2v) is 3.88. The van der Waals surface area contributed by atoms with Gasteiger partial charge in [0.05, 0.1) is 0 Å². The molecule has 3 heteroatoms. The van der Waals surface area contributed by atoms with Crippen LogP contribution in [0.4, 0.5) is 5.82 Å². The number of aromatic nitrogens is 1. The van der Waals surface area contributed by atoms with Crippen molar-refractivity contribution in [1.82, 2.24) is 4.98 Å². The Bertz CT molecular complexity index is 282. The second-order valence-electron chi connectivity index (χ2n) is 3.39. The summed E-state index contributed by atoms with van der Waals surface area (Å²) >= 11 is 4.40. The average Bonchev–Trinajstić information content (AvgIpc) is 2.20. The second kappa shape index (κ2) is 4.01. The molecular formula is C10H14N2S. The van der Waals surface area contributed by atoms with Gasteiger partial charge in [0.25, 0.3) is 0 Å². The topological polar surface area (TPSA) is 16.1 Å². The standard InChI is InChI=1S/C10H14N2S/c13-9-5-4-6-11-10(9)12-7-2-1-3-8-12/h4-6,13H,1-3,7-8H2. The van der Waals surface area contributed by atoms with E-state index in [1.54, 1.807) is 0 Å². The number of hydrogen-bond donors (Lipinski definition) is 1. The largest absolute Gasteiger partial charge is 0.356 e. The number of rotatable bonds is 1. The van der Waals surface area contributed by atoms with Crippen molar-refractivity contribution in [2.45, 2.75) is 24.2 Å². The highest BCUT2D eigenvalue weighted by molar-refractivity contribution is 7.80. The van der Waals surface area contributed by atoms with E-state index in [1.165, 1.54) is 19.3 Å². The van der Waals surface area contributed by atoms with E-state index in [0.717, 1.165) is 23.8 Å². The number of anilines is 1. The number of piperidine rings is 1. The first-order valence-corrected chi connectivity index (χ1v) is 5.21. The van der Waals surface area contributed by atoms with E-state index >= 15 is 0 Å². The maximum absolute atomic E-state index is 4.40. The van der Waals surface area contributed by atoms with Gasteiger partial charge in [0.2, 0.25) is 0 Å². The fourth-order valence-corrected chi connectivity index (χ4v) is 2.02. The minimum Gasteiger partial charge on any atom is -0.356 e. The third kappa shape index (κ3) is 1.97. The Morgan fingerprint density at radius 2 is 2.00 bits per heavy atom. The van der Waals surface area contributed by atoms with Gasteiger partial charge in [-0.2, -0.15) is 0 Å². The normalized spacial score (nSPS) is 17.5. The van der Waals surface area contributed by atoms with Gasteiger partial charge in [-0.1, -0.05) is 0 Å². The summed E-state index contributed by atoms with van der Waals surface area (Å²) < 4.78 is 0. The predicted octanol–water partition coefficient (Wildman–Crippen LogP) is 2.36. The zero-order valence-corrected chi connectivity index (χ0v) is 8.50. The Kier molecular flexibility index (Phi) is 2.74. The lowest BCUT2D eigenvalue weighted by molar-refractivity contribution is 0.570. The molecule has 70 valence electrons. The molecule has 13 heavy (non-hydrogen) atoms. The van der Waals surface area contributed by atoms with Crippen LogP contribution in [0.15, 0.2) is 23.2 Å². The van der Waals surface area contributed by atoms with Crippen LogP contribution in [0.2, 0.25) is 0 Å². The Balaban J connectivity index is 2.18. The van der Waals surface area contributed by atoms with E-state index in [2.05, 4.69) is 22.5 Å². The molecule has 0 radical (unpaired) electrons. The third-order valence-corrected chi connectivity index (χ3v) is 2.77. The van der Waals surface area contributed by atoms with Crippen LogP contribution in [0.5, 0.6) is 0 Å². The summed E-state index contributed by atoms with van der Waals surface area (Å²) in [5.74, 6) is 1.05. The molecule has 1 aromatic rings. The lowest BCUT2D eigenvalue weighted by Gasteiger charge is -2.28. The Labute approximate surface area is 84.4 Å². The summed E-state index contributed by atoms with van der Waals surface area (Å²) in [4.78, 5) is 7.67. The van der Waals surface area contributed by atoms with Crippen LogP contribution in [0.1, 0.15) is 19.3 Å². The molecule has 2 rings (SSSR count). The molecule has 1 aromatic heterocycles. The van der Waals surface area contributed by atoms with E-state index in [9.17, 15) is 0 Å². The molecule has 0 aromatic carbocycles. The molecule has 1 fully saturated rings. The molecule has 0 atom stereocenters. The van der Waals surface area contributed by atoms with E-state index in [4.69, 9.17) is 0 Å². The van der Waals surface area contributed by atoms with Crippen LogP contribution in [0.25, 0.3) is 0 Å². The highest BCUT2D eigenvalue weighted by atomic mass is 32.1. The molecular weight excluding hydrogens is 180 g/mol. The molecule has 0 amide bonds. The highest BCUT2D eigenvalue weighted by Gasteiger charge is 2.13. The van der Waals surface area contributed by atoms with Gasteiger partial charge in [-0.3, -0.25) is 0 Å². The first-order chi connectivity index (χ1) is 6.38. The van der Waals surface area contributed by atoms with Gasteiger partial charge in [0.1, 0.15) is 5.82 Å². The summed E-state index contributed by atoms with van der Waals surface area (Å²) in [6.45, 7) is 2.26. The van der Waals surface area contributed by atoms with Gasteiger partial charge in [0, 0.05) is 24.2 Å². The van der Waals surface area contributed by atoms with Crippen LogP contribution < -0.4 is 4.90 Å². The molecule has 2 heterocycles.